The Balaban J connectivity index is 2.61. The maximum absolute atomic E-state index is 11.4. The second-order valence-electron chi connectivity index (χ2n) is 5.10. The van der Waals surface area contributed by atoms with Crippen molar-refractivity contribution in [2.75, 3.05) is 0 Å². The topological polar surface area (TPSA) is 26.3 Å². The van der Waals surface area contributed by atoms with Crippen molar-refractivity contribution in [3.8, 4) is 0 Å². The molecule has 16 heavy (non-hydrogen) atoms. The van der Waals surface area contributed by atoms with Gasteiger partial charge in [0.15, 0.2) is 0 Å². The van der Waals surface area contributed by atoms with Crippen LogP contribution in [0.1, 0.15) is 40.0 Å². The average molecular weight is 267 g/mol. The number of hydrogen-bond donors (Lipinski definition) is 0. The minimum Gasteiger partial charge on any atom is -0.460 e. The summed E-state index contributed by atoms with van der Waals surface area (Å²) in [5.74, 6) is 1.06. The van der Waals surface area contributed by atoms with E-state index in [-0.39, 0.29) is 6.10 Å². The molecule has 0 bridgehead atoms. The summed E-state index contributed by atoms with van der Waals surface area (Å²) < 4.78 is 5.39. The SMILES string of the molecule is CC1CCC(C(C)C)C(OC(=O)C(Cl)Cl)C1. The molecule has 0 N–H and O–H groups in total. The molecule has 0 radical (unpaired) electrons. The van der Waals surface area contributed by atoms with E-state index >= 15 is 0 Å². The zero-order chi connectivity index (χ0) is 12.3. The minimum absolute atomic E-state index is 0.0174. The number of carbonyl (C=O) groups excluding carboxylic acids is 1. The minimum atomic E-state index is -1.06. The lowest BCUT2D eigenvalue weighted by molar-refractivity contribution is -0.153. The molecule has 0 aromatic heterocycles. The highest BCUT2D eigenvalue weighted by Gasteiger charge is 2.34. The van der Waals surface area contributed by atoms with Crippen LogP contribution >= 0.6 is 23.2 Å². The fraction of sp³-hybridized carbons (Fsp3) is 0.917. The summed E-state index contributed by atoms with van der Waals surface area (Å²) in [4.78, 5) is 10.3. The van der Waals surface area contributed by atoms with Crippen LogP contribution in [0.4, 0.5) is 0 Å². The second kappa shape index (κ2) is 6.11. The molecule has 1 saturated carbocycles. The van der Waals surface area contributed by atoms with Crippen LogP contribution in [0, 0.1) is 17.8 Å². The highest BCUT2D eigenvalue weighted by Crippen LogP contribution is 2.35. The Morgan fingerprint density at radius 3 is 2.44 bits per heavy atom. The van der Waals surface area contributed by atoms with Crippen LogP contribution in [-0.4, -0.2) is 16.9 Å². The van der Waals surface area contributed by atoms with Gasteiger partial charge in [0, 0.05) is 0 Å². The summed E-state index contributed by atoms with van der Waals surface area (Å²) in [5, 5.41) is 0. The Kier molecular flexibility index (Phi) is 5.39. The first-order valence-corrected chi connectivity index (χ1v) is 6.77. The molecule has 3 unspecified atom stereocenters. The van der Waals surface area contributed by atoms with E-state index in [1.54, 1.807) is 0 Å². The van der Waals surface area contributed by atoms with E-state index in [0.29, 0.717) is 17.8 Å². The van der Waals surface area contributed by atoms with E-state index in [2.05, 4.69) is 20.8 Å². The quantitative estimate of drug-likeness (QED) is 0.574. The molecule has 1 fully saturated rings. The van der Waals surface area contributed by atoms with Gasteiger partial charge in [0.1, 0.15) is 6.10 Å². The van der Waals surface area contributed by atoms with Crippen molar-refractivity contribution >= 4 is 29.2 Å². The van der Waals surface area contributed by atoms with Crippen molar-refractivity contribution in [1.82, 2.24) is 0 Å². The molecule has 0 aromatic rings. The van der Waals surface area contributed by atoms with Crippen LogP contribution in [0.5, 0.6) is 0 Å². The van der Waals surface area contributed by atoms with Gasteiger partial charge in [-0.3, -0.25) is 0 Å². The van der Waals surface area contributed by atoms with E-state index in [1.807, 2.05) is 0 Å². The van der Waals surface area contributed by atoms with Crippen molar-refractivity contribution in [2.45, 2.75) is 51.0 Å². The second-order valence-corrected chi connectivity index (χ2v) is 6.20. The third-order valence-corrected chi connectivity index (χ3v) is 3.76. The van der Waals surface area contributed by atoms with Gasteiger partial charge in [0.05, 0.1) is 0 Å². The summed E-state index contributed by atoms with van der Waals surface area (Å²) in [6.45, 7) is 6.52. The van der Waals surface area contributed by atoms with E-state index in [1.165, 1.54) is 6.42 Å². The number of rotatable bonds is 3. The zero-order valence-corrected chi connectivity index (χ0v) is 11.6. The maximum atomic E-state index is 11.4. The van der Waals surface area contributed by atoms with Gasteiger partial charge < -0.3 is 4.74 Å². The van der Waals surface area contributed by atoms with Crippen molar-refractivity contribution < 1.29 is 9.53 Å². The fourth-order valence-corrected chi connectivity index (χ4v) is 2.55. The molecule has 0 heterocycles. The lowest BCUT2D eigenvalue weighted by Crippen LogP contribution is -2.36. The molecule has 2 nitrogen and oxygen atoms in total. The van der Waals surface area contributed by atoms with Crippen LogP contribution in [-0.2, 0) is 9.53 Å². The van der Waals surface area contributed by atoms with E-state index < -0.39 is 10.8 Å². The zero-order valence-electron chi connectivity index (χ0n) is 10.1. The number of esters is 1. The first-order valence-electron chi connectivity index (χ1n) is 5.90. The van der Waals surface area contributed by atoms with Gasteiger partial charge in [-0.05, 0) is 30.6 Å². The number of hydrogen-bond acceptors (Lipinski definition) is 2. The highest BCUT2D eigenvalue weighted by atomic mass is 35.5. The van der Waals surface area contributed by atoms with Gasteiger partial charge in [0.25, 0.3) is 0 Å². The Morgan fingerprint density at radius 2 is 1.94 bits per heavy atom. The number of alkyl halides is 2. The molecule has 0 spiro atoms. The van der Waals surface area contributed by atoms with Gasteiger partial charge >= 0.3 is 5.97 Å². The molecular formula is C12H20Cl2O2. The Morgan fingerprint density at radius 1 is 1.31 bits per heavy atom. The Hall–Kier alpha value is 0.0500. The third kappa shape index (κ3) is 3.81. The molecule has 0 saturated heterocycles. The molecule has 0 aliphatic heterocycles. The molecular weight excluding hydrogens is 247 g/mol. The Bertz CT molecular complexity index is 241. The summed E-state index contributed by atoms with van der Waals surface area (Å²) >= 11 is 11.0. The predicted molar refractivity (Wildman–Crippen MR) is 66.7 cm³/mol. The molecule has 4 heteroatoms. The largest absolute Gasteiger partial charge is 0.460 e. The van der Waals surface area contributed by atoms with Gasteiger partial charge in [-0.25, -0.2) is 4.79 Å². The summed E-state index contributed by atoms with van der Waals surface area (Å²) in [6, 6.07) is 0. The molecule has 0 amide bonds. The van der Waals surface area contributed by atoms with E-state index in [9.17, 15) is 4.79 Å². The van der Waals surface area contributed by atoms with Crippen molar-refractivity contribution in [3.63, 3.8) is 0 Å². The maximum Gasteiger partial charge on any atom is 0.339 e. The monoisotopic (exact) mass is 266 g/mol. The molecule has 94 valence electrons. The average Bonchev–Trinajstić information content (AvgIpc) is 2.16. The van der Waals surface area contributed by atoms with Crippen molar-refractivity contribution in [3.05, 3.63) is 0 Å². The first-order chi connectivity index (χ1) is 7.41. The lowest BCUT2D eigenvalue weighted by atomic mass is 9.75. The Labute approximate surface area is 108 Å². The third-order valence-electron chi connectivity index (χ3n) is 3.41. The summed E-state index contributed by atoms with van der Waals surface area (Å²) in [6.07, 6.45) is 3.24. The number of carbonyl (C=O) groups is 1. The molecule has 1 rings (SSSR count). The molecule has 0 aromatic carbocycles. The fourth-order valence-electron chi connectivity index (χ4n) is 2.45. The molecule has 3 atom stereocenters. The van der Waals surface area contributed by atoms with Gasteiger partial charge in [-0.1, -0.05) is 50.4 Å². The smallest absolute Gasteiger partial charge is 0.339 e. The normalized spacial score (nSPS) is 30.8. The van der Waals surface area contributed by atoms with Gasteiger partial charge in [0.2, 0.25) is 4.84 Å². The van der Waals surface area contributed by atoms with Crippen LogP contribution in [0.2, 0.25) is 0 Å². The number of halogens is 2. The van der Waals surface area contributed by atoms with E-state index in [4.69, 9.17) is 27.9 Å². The molecule has 1 aliphatic carbocycles. The number of ether oxygens (including phenoxy) is 1. The van der Waals surface area contributed by atoms with Gasteiger partial charge in [-0.15, -0.1) is 0 Å². The lowest BCUT2D eigenvalue weighted by Gasteiger charge is -2.36. The van der Waals surface area contributed by atoms with E-state index in [0.717, 1.165) is 12.8 Å². The van der Waals surface area contributed by atoms with Gasteiger partial charge in [-0.2, -0.15) is 0 Å². The molecule has 1 aliphatic rings. The van der Waals surface area contributed by atoms with Crippen molar-refractivity contribution in [1.29, 1.82) is 0 Å². The summed E-state index contributed by atoms with van der Waals surface area (Å²) in [5.41, 5.74) is 0. The highest BCUT2D eigenvalue weighted by molar-refractivity contribution is 6.52. The van der Waals surface area contributed by atoms with Crippen LogP contribution in [0.25, 0.3) is 0 Å². The van der Waals surface area contributed by atoms with Crippen LogP contribution in [0.3, 0.4) is 0 Å². The van der Waals surface area contributed by atoms with Crippen LogP contribution < -0.4 is 0 Å². The first kappa shape index (κ1) is 14.1. The van der Waals surface area contributed by atoms with Crippen LogP contribution in [0.15, 0.2) is 0 Å². The summed E-state index contributed by atoms with van der Waals surface area (Å²) in [7, 11) is 0. The van der Waals surface area contributed by atoms with Crippen molar-refractivity contribution in [2.24, 2.45) is 17.8 Å². The predicted octanol–water partition coefficient (Wildman–Crippen LogP) is 3.79. The standard InChI is InChI=1S/C12H20Cl2O2/c1-7(2)9-5-4-8(3)6-10(9)16-12(15)11(13)14/h7-11H,4-6H2,1-3H3.